The lowest BCUT2D eigenvalue weighted by atomic mass is 10.1. The SMILES string of the molecule is C=CC(=O)N1CCc2c(sc3nc(-c4cc(I)c(OC)c(OC)c4)[nH]c(=O)c23)C1. The van der Waals surface area contributed by atoms with Crippen LogP contribution in [0, 0.1) is 3.57 Å². The molecule has 29 heavy (non-hydrogen) atoms. The third kappa shape index (κ3) is 3.42. The van der Waals surface area contributed by atoms with E-state index < -0.39 is 0 Å². The maximum absolute atomic E-state index is 12.9. The second-order valence-corrected chi connectivity index (χ2v) is 8.75. The van der Waals surface area contributed by atoms with Gasteiger partial charge in [-0.25, -0.2) is 4.98 Å². The fourth-order valence-corrected chi connectivity index (χ4v) is 5.57. The summed E-state index contributed by atoms with van der Waals surface area (Å²) in [4.78, 5) is 35.9. The summed E-state index contributed by atoms with van der Waals surface area (Å²) in [5, 5.41) is 0.620. The van der Waals surface area contributed by atoms with Crippen LogP contribution in [0.4, 0.5) is 0 Å². The zero-order valence-electron chi connectivity index (χ0n) is 15.9. The number of ether oxygens (including phenoxy) is 2. The van der Waals surface area contributed by atoms with Crippen LogP contribution in [0.3, 0.4) is 0 Å². The molecule has 3 aromatic rings. The minimum absolute atomic E-state index is 0.101. The van der Waals surface area contributed by atoms with Gasteiger partial charge in [0.1, 0.15) is 10.7 Å². The summed E-state index contributed by atoms with van der Waals surface area (Å²) in [6.07, 6.45) is 1.95. The van der Waals surface area contributed by atoms with Gasteiger partial charge in [-0.05, 0) is 52.8 Å². The Morgan fingerprint density at radius 1 is 1.38 bits per heavy atom. The van der Waals surface area contributed by atoms with Crippen molar-refractivity contribution in [3.05, 3.63) is 49.2 Å². The van der Waals surface area contributed by atoms with Gasteiger partial charge in [0.05, 0.1) is 29.7 Å². The van der Waals surface area contributed by atoms with E-state index in [-0.39, 0.29) is 11.5 Å². The third-order valence-corrected chi connectivity index (χ3v) is 6.82. The van der Waals surface area contributed by atoms with Crippen molar-refractivity contribution in [1.82, 2.24) is 14.9 Å². The molecule has 3 heterocycles. The Labute approximate surface area is 184 Å². The number of hydrogen-bond acceptors (Lipinski definition) is 6. The Bertz CT molecular complexity index is 1200. The summed E-state index contributed by atoms with van der Waals surface area (Å²) >= 11 is 3.62. The number of carbonyl (C=O) groups is 1. The van der Waals surface area contributed by atoms with Crippen LogP contribution in [0.15, 0.2) is 29.6 Å². The Morgan fingerprint density at radius 3 is 2.86 bits per heavy atom. The molecule has 1 aliphatic rings. The van der Waals surface area contributed by atoms with Crippen LogP contribution >= 0.6 is 33.9 Å². The molecule has 1 aromatic carbocycles. The smallest absolute Gasteiger partial charge is 0.260 e. The maximum atomic E-state index is 12.9. The summed E-state index contributed by atoms with van der Waals surface area (Å²) in [6.45, 7) is 4.60. The second kappa shape index (κ2) is 7.79. The predicted octanol–water partition coefficient (Wildman–Crippen LogP) is 3.34. The van der Waals surface area contributed by atoms with Gasteiger partial charge in [-0.1, -0.05) is 6.58 Å². The molecule has 0 saturated heterocycles. The van der Waals surface area contributed by atoms with Gasteiger partial charge in [-0.15, -0.1) is 11.3 Å². The van der Waals surface area contributed by atoms with Crippen LogP contribution < -0.4 is 15.0 Å². The van der Waals surface area contributed by atoms with E-state index in [1.807, 2.05) is 6.07 Å². The first-order valence-electron chi connectivity index (χ1n) is 8.84. The average Bonchev–Trinajstić information content (AvgIpc) is 3.10. The number of nitrogens with zero attached hydrogens (tertiary/aromatic N) is 2. The zero-order chi connectivity index (χ0) is 20.7. The van der Waals surface area contributed by atoms with E-state index in [9.17, 15) is 9.59 Å². The minimum Gasteiger partial charge on any atom is -0.493 e. The first-order valence-corrected chi connectivity index (χ1v) is 10.7. The number of fused-ring (bicyclic) bond motifs is 3. The average molecular weight is 523 g/mol. The Hall–Kier alpha value is -2.40. The summed E-state index contributed by atoms with van der Waals surface area (Å²) in [7, 11) is 3.16. The zero-order valence-corrected chi connectivity index (χ0v) is 18.8. The standard InChI is InChI=1S/C20H18IN3O4S/c1-4-15(25)24-6-5-11-14(9-24)29-20-16(11)19(26)22-18(23-20)10-7-12(21)17(28-3)13(8-10)27-2/h4,7-8H,1,5-6,9H2,2-3H3,(H,22,23,26). The van der Waals surface area contributed by atoms with Crippen LogP contribution in [0.2, 0.25) is 0 Å². The topological polar surface area (TPSA) is 84.5 Å². The van der Waals surface area contributed by atoms with Crippen LogP contribution in [0.25, 0.3) is 21.6 Å². The van der Waals surface area contributed by atoms with Gasteiger partial charge in [-0.2, -0.15) is 0 Å². The predicted molar refractivity (Wildman–Crippen MR) is 121 cm³/mol. The van der Waals surface area contributed by atoms with Crippen LogP contribution in [-0.2, 0) is 17.8 Å². The summed E-state index contributed by atoms with van der Waals surface area (Å²) in [5.74, 6) is 1.58. The van der Waals surface area contributed by atoms with Crippen molar-refractivity contribution in [2.45, 2.75) is 13.0 Å². The molecule has 0 bridgehead atoms. The fourth-order valence-electron chi connectivity index (χ4n) is 3.51. The van der Waals surface area contributed by atoms with E-state index in [4.69, 9.17) is 14.5 Å². The van der Waals surface area contributed by atoms with Gasteiger partial charge < -0.3 is 19.4 Å². The maximum Gasteiger partial charge on any atom is 0.260 e. The molecule has 0 unspecified atom stereocenters. The van der Waals surface area contributed by atoms with Crippen molar-refractivity contribution in [3.8, 4) is 22.9 Å². The van der Waals surface area contributed by atoms with Crippen molar-refractivity contribution >= 4 is 50.1 Å². The van der Waals surface area contributed by atoms with Gasteiger partial charge in [0.2, 0.25) is 5.91 Å². The molecule has 7 nitrogen and oxygen atoms in total. The number of methoxy groups -OCH3 is 2. The molecule has 0 saturated carbocycles. The van der Waals surface area contributed by atoms with Crippen molar-refractivity contribution in [3.63, 3.8) is 0 Å². The Morgan fingerprint density at radius 2 is 2.17 bits per heavy atom. The number of benzene rings is 1. The van der Waals surface area contributed by atoms with Crippen LogP contribution in [0.5, 0.6) is 11.5 Å². The monoisotopic (exact) mass is 523 g/mol. The van der Waals surface area contributed by atoms with E-state index in [2.05, 4.69) is 34.2 Å². The van der Waals surface area contributed by atoms with Gasteiger partial charge in [0.25, 0.3) is 5.56 Å². The lowest BCUT2D eigenvalue weighted by Crippen LogP contribution is -2.34. The Kier molecular flexibility index (Phi) is 5.34. The van der Waals surface area contributed by atoms with Gasteiger partial charge in [0.15, 0.2) is 11.5 Å². The highest BCUT2D eigenvalue weighted by atomic mass is 127. The van der Waals surface area contributed by atoms with E-state index in [1.165, 1.54) is 17.4 Å². The first kappa shape index (κ1) is 19.9. The fraction of sp³-hybridized carbons (Fsp3) is 0.250. The first-order chi connectivity index (χ1) is 14.0. The molecule has 4 rings (SSSR count). The van der Waals surface area contributed by atoms with E-state index >= 15 is 0 Å². The number of carbonyl (C=O) groups excluding carboxylic acids is 1. The summed E-state index contributed by atoms with van der Waals surface area (Å²) in [6, 6.07) is 3.69. The molecule has 0 spiro atoms. The normalized spacial score (nSPS) is 13.3. The quantitative estimate of drug-likeness (QED) is 0.419. The number of H-pyrrole nitrogens is 1. The molecule has 1 N–H and O–H groups in total. The number of amides is 1. The molecular weight excluding hydrogens is 505 g/mol. The third-order valence-electron chi connectivity index (χ3n) is 4.90. The van der Waals surface area contributed by atoms with Crippen molar-refractivity contribution in [2.75, 3.05) is 20.8 Å². The number of halogens is 1. The van der Waals surface area contributed by atoms with Crippen LogP contribution in [0.1, 0.15) is 10.4 Å². The molecule has 1 amide bonds. The number of thiophene rings is 1. The van der Waals surface area contributed by atoms with Crippen molar-refractivity contribution in [2.24, 2.45) is 0 Å². The van der Waals surface area contributed by atoms with Gasteiger partial charge in [-0.3, -0.25) is 9.59 Å². The lowest BCUT2D eigenvalue weighted by Gasteiger charge is -2.25. The van der Waals surface area contributed by atoms with Crippen LogP contribution in [-0.4, -0.2) is 41.5 Å². The number of rotatable bonds is 4. The van der Waals surface area contributed by atoms with Crippen molar-refractivity contribution in [1.29, 1.82) is 0 Å². The largest absolute Gasteiger partial charge is 0.493 e. The van der Waals surface area contributed by atoms with Gasteiger partial charge >= 0.3 is 0 Å². The molecule has 0 aliphatic carbocycles. The molecule has 9 heteroatoms. The molecule has 0 fully saturated rings. The molecular formula is C20H18IN3O4S. The van der Waals surface area contributed by atoms with E-state index in [0.29, 0.717) is 47.1 Å². The second-order valence-electron chi connectivity index (χ2n) is 6.51. The number of aromatic amines is 1. The summed E-state index contributed by atoms with van der Waals surface area (Å²) < 4.78 is 11.7. The van der Waals surface area contributed by atoms with E-state index in [1.54, 1.807) is 25.2 Å². The van der Waals surface area contributed by atoms with Crippen molar-refractivity contribution < 1.29 is 14.3 Å². The highest BCUT2D eigenvalue weighted by Crippen LogP contribution is 2.37. The molecule has 0 radical (unpaired) electrons. The number of hydrogen-bond donors (Lipinski definition) is 1. The highest BCUT2D eigenvalue weighted by molar-refractivity contribution is 14.1. The molecule has 150 valence electrons. The summed E-state index contributed by atoms with van der Waals surface area (Å²) in [5.41, 5.74) is 1.55. The van der Waals surface area contributed by atoms with E-state index in [0.717, 1.165) is 19.6 Å². The molecule has 1 aliphatic heterocycles. The lowest BCUT2D eigenvalue weighted by molar-refractivity contribution is -0.126. The van der Waals surface area contributed by atoms with Gasteiger partial charge in [0, 0.05) is 17.0 Å². The Balaban J connectivity index is 1.82. The minimum atomic E-state index is -0.171. The number of aromatic nitrogens is 2. The molecule has 2 aromatic heterocycles. The highest BCUT2D eigenvalue weighted by Gasteiger charge is 2.25. The number of nitrogens with one attached hydrogen (secondary N) is 1. The molecule has 0 atom stereocenters.